The van der Waals surface area contributed by atoms with E-state index in [4.69, 9.17) is 5.73 Å². The van der Waals surface area contributed by atoms with Crippen LogP contribution < -0.4 is 5.73 Å². The molecule has 0 amide bonds. The van der Waals surface area contributed by atoms with Crippen molar-refractivity contribution in [1.29, 1.82) is 0 Å². The number of nitrogens with zero attached hydrogens (tertiary/aromatic N) is 2. The van der Waals surface area contributed by atoms with Gasteiger partial charge in [-0.3, -0.25) is 0 Å². The quantitative estimate of drug-likeness (QED) is 0.762. The van der Waals surface area contributed by atoms with Crippen LogP contribution in [0.3, 0.4) is 0 Å². The van der Waals surface area contributed by atoms with Crippen LogP contribution in [-0.4, -0.2) is 9.97 Å². The predicted molar refractivity (Wildman–Crippen MR) is 76.6 cm³/mol. The number of rotatable bonds is 2. The summed E-state index contributed by atoms with van der Waals surface area (Å²) in [4.78, 5) is 8.76. The van der Waals surface area contributed by atoms with Crippen LogP contribution in [0, 0.1) is 0 Å². The standard InChI is InChI=1S/C14H13N3S/c1-2-9-3-5-10(6-4-9)14-17-13-11(18-14)7-8-12(15)16-13/h3-8H,2H2,1H3,(H2,15,16). The van der Waals surface area contributed by atoms with Gasteiger partial charge in [0.15, 0.2) is 5.65 Å². The highest BCUT2D eigenvalue weighted by molar-refractivity contribution is 7.21. The Morgan fingerprint density at radius 3 is 2.56 bits per heavy atom. The van der Waals surface area contributed by atoms with E-state index in [1.165, 1.54) is 5.56 Å². The third-order valence-electron chi connectivity index (χ3n) is 2.88. The molecule has 2 heterocycles. The van der Waals surface area contributed by atoms with Gasteiger partial charge in [-0.15, -0.1) is 11.3 Å². The average molecular weight is 255 g/mol. The molecule has 0 aliphatic heterocycles. The highest BCUT2D eigenvalue weighted by Gasteiger charge is 2.07. The summed E-state index contributed by atoms with van der Waals surface area (Å²) in [5.41, 5.74) is 8.86. The van der Waals surface area contributed by atoms with Gasteiger partial charge >= 0.3 is 0 Å². The van der Waals surface area contributed by atoms with Crippen LogP contribution in [0.2, 0.25) is 0 Å². The number of nitrogen functional groups attached to an aromatic ring is 1. The molecule has 18 heavy (non-hydrogen) atoms. The molecule has 0 saturated carbocycles. The molecule has 0 atom stereocenters. The molecule has 0 fully saturated rings. The van der Waals surface area contributed by atoms with Gasteiger partial charge in [0.2, 0.25) is 0 Å². The number of aryl methyl sites for hydroxylation is 1. The molecule has 0 aliphatic rings. The topological polar surface area (TPSA) is 51.8 Å². The first kappa shape index (κ1) is 11.2. The Morgan fingerprint density at radius 1 is 1.06 bits per heavy atom. The van der Waals surface area contributed by atoms with Crippen molar-refractivity contribution < 1.29 is 0 Å². The Bertz CT molecular complexity index is 686. The Morgan fingerprint density at radius 2 is 1.83 bits per heavy atom. The van der Waals surface area contributed by atoms with E-state index >= 15 is 0 Å². The number of aromatic nitrogens is 2. The molecule has 2 N–H and O–H groups in total. The fourth-order valence-electron chi connectivity index (χ4n) is 1.84. The minimum absolute atomic E-state index is 0.515. The number of benzene rings is 1. The minimum Gasteiger partial charge on any atom is -0.384 e. The summed E-state index contributed by atoms with van der Waals surface area (Å²) in [5.74, 6) is 0.515. The van der Waals surface area contributed by atoms with Crippen molar-refractivity contribution in [3.05, 3.63) is 42.0 Å². The Hall–Kier alpha value is -1.94. The number of fused-ring (bicyclic) bond motifs is 1. The number of hydrogen-bond donors (Lipinski definition) is 1. The van der Waals surface area contributed by atoms with Crippen molar-refractivity contribution in [2.45, 2.75) is 13.3 Å². The van der Waals surface area contributed by atoms with Gasteiger partial charge < -0.3 is 5.73 Å². The summed E-state index contributed by atoms with van der Waals surface area (Å²) in [6.45, 7) is 2.15. The van der Waals surface area contributed by atoms with Gasteiger partial charge in [-0.1, -0.05) is 31.2 Å². The molecule has 90 valence electrons. The number of thiazole rings is 1. The molecule has 0 radical (unpaired) electrons. The van der Waals surface area contributed by atoms with Gasteiger partial charge in [0.25, 0.3) is 0 Å². The maximum Gasteiger partial charge on any atom is 0.173 e. The molecule has 3 rings (SSSR count). The van der Waals surface area contributed by atoms with E-state index in [0.717, 1.165) is 27.3 Å². The third kappa shape index (κ3) is 1.95. The van der Waals surface area contributed by atoms with E-state index in [0.29, 0.717) is 5.82 Å². The molecule has 3 aromatic rings. The SMILES string of the molecule is CCc1ccc(-c2nc3nc(N)ccc3s2)cc1. The second kappa shape index (κ2) is 4.38. The second-order valence-corrected chi connectivity index (χ2v) is 5.16. The molecule has 1 aromatic carbocycles. The summed E-state index contributed by atoms with van der Waals surface area (Å²) < 4.78 is 1.07. The van der Waals surface area contributed by atoms with Crippen LogP contribution >= 0.6 is 11.3 Å². The Balaban J connectivity index is 2.07. The van der Waals surface area contributed by atoms with E-state index < -0.39 is 0 Å². The van der Waals surface area contributed by atoms with Gasteiger partial charge in [0.05, 0.1) is 4.70 Å². The van der Waals surface area contributed by atoms with Gasteiger partial charge in [0.1, 0.15) is 10.8 Å². The average Bonchev–Trinajstić information content (AvgIpc) is 2.81. The fourth-order valence-corrected chi connectivity index (χ4v) is 2.75. The van der Waals surface area contributed by atoms with Crippen molar-refractivity contribution in [2.75, 3.05) is 5.73 Å². The van der Waals surface area contributed by atoms with Crippen molar-refractivity contribution >= 4 is 27.5 Å². The van der Waals surface area contributed by atoms with Crippen LogP contribution in [0.5, 0.6) is 0 Å². The van der Waals surface area contributed by atoms with E-state index in [-0.39, 0.29) is 0 Å². The van der Waals surface area contributed by atoms with E-state index in [1.807, 2.05) is 12.1 Å². The van der Waals surface area contributed by atoms with E-state index in [9.17, 15) is 0 Å². The molecule has 0 bridgehead atoms. The van der Waals surface area contributed by atoms with Gasteiger partial charge in [0, 0.05) is 5.56 Å². The maximum absolute atomic E-state index is 5.66. The highest BCUT2D eigenvalue weighted by Crippen LogP contribution is 2.29. The summed E-state index contributed by atoms with van der Waals surface area (Å²) in [6, 6.07) is 12.3. The first-order chi connectivity index (χ1) is 8.76. The monoisotopic (exact) mass is 255 g/mol. The largest absolute Gasteiger partial charge is 0.384 e. The molecule has 0 saturated heterocycles. The molecule has 4 heteroatoms. The van der Waals surface area contributed by atoms with Gasteiger partial charge in [-0.2, -0.15) is 0 Å². The summed E-state index contributed by atoms with van der Waals surface area (Å²) in [5, 5.41) is 0.991. The lowest BCUT2D eigenvalue weighted by molar-refractivity contribution is 1.14. The van der Waals surface area contributed by atoms with Crippen molar-refractivity contribution in [1.82, 2.24) is 9.97 Å². The molecule has 0 unspecified atom stereocenters. The van der Waals surface area contributed by atoms with Crippen LogP contribution in [-0.2, 0) is 6.42 Å². The van der Waals surface area contributed by atoms with Crippen LogP contribution in [0.4, 0.5) is 5.82 Å². The number of hydrogen-bond acceptors (Lipinski definition) is 4. The highest BCUT2D eigenvalue weighted by atomic mass is 32.1. The fraction of sp³-hybridized carbons (Fsp3) is 0.143. The van der Waals surface area contributed by atoms with Crippen LogP contribution in [0.1, 0.15) is 12.5 Å². The molecule has 2 aromatic heterocycles. The smallest absolute Gasteiger partial charge is 0.173 e. The lowest BCUT2D eigenvalue weighted by Gasteiger charge is -1.98. The number of pyridine rings is 1. The van der Waals surface area contributed by atoms with Crippen LogP contribution in [0.15, 0.2) is 36.4 Å². The zero-order valence-corrected chi connectivity index (χ0v) is 10.9. The molecule has 0 spiro atoms. The Kier molecular flexibility index (Phi) is 2.72. The second-order valence-electron chi connectivity index (χ2n) is 4.13. The predicted octanol–water partition coefficient (Wildman–Crippen LogP) is 3.50. The molecular formula is C14H13N3S. The zero-order chi connectivity index (χ0) is 12.5. The van der Waals surface area contributed by atoms with Gasteiger partial charge in [-0.25, -0.2) is 9.97 Å². The van der Waals surface area contributed by atoms with Crippen molar-refractivity contribution in [3.63, 3.8) is 0 Å². The first-order valence-electron chi connectivity index (χ1n) is 5.88. The Labute approximate surface area is 109 Å². The van der Waals surface area contributed by atoms with Gasteiger partial charge in [-0.05, 0) is 24.1 Å². The summed E-state index contributed by atoms with van der Waals surface area (Å²) >= 11 is 1.64. The molecule has 3 nitrogen and oxygen atoms in total. The lowest BCUT2D eigenvalue weighted by Crippen LogP contribution is -1.88. The van der Waals surface area contributed by atoms with E-state index in [2.05, 4.69) is 41.2 Å². The summed E-state index contributed by atoms with van der Waals surface area (Å²) in [7, 11) is 0. The maximum atomic E-state index is 5.66. The molecular weight excluding hydrogens is 242 g/mol. The first-order valence-corrected chi connectivity index (χ1v) is 6.70. The molecule has 0 aliphatic carbocycles. The van der Waals surface area contributed by atoms with Crippen molar-refractivity contribution in [2.24, 2.45) is 0 Å². The third-order valence-corrected chi connectivity index (χ3v) is 3.94. The van der Waals surface area contributed by atoms with E-state index in [1.54, 1.807) is 11.3 Å². The minimum atomic E-state index is 0.515. The number of nitrogens with two attached hydrogens (primary N) is 1. The number of anilines is 1. The summed E-state index contributed by atoms with van der Waals surface area (Å²) in [6.07, 6.45) is 1.05. The zero-order valence-electron chi connectivity index (χ0n) is 10.1. The lowest BCUT2D eigenvalue weighted by atomic mass is 10.1. The van der Waals surface area contributed by atoms with Crippen molar-refractivity contribution in [3.8, 4) is 10.6 Å². The van der Waals surface area contributed by atoms with Crippen LogP contribution in [0.25, 0.3) is 20.9 Å². The normalized spacial score (nSPS) is 10.9.